The molecule has 0 radical (unpaired) electrons. The predicted octanol–water partition coefficient (Wildman–Crippen LogP) is 2.49. The molecule has 164 valence electrons. The third-order valence-electron chi connectivity index (χ3n) is 5.97. The molecule has 7 nitrogen and oxygen atoms in total. The van der Waals surface area contributed by atoms with Crippen LogP contribution in [0.3, 0.4) is 0 Å². The molecule has 1 aromatic rings. The fourth-order valence-electron chi connectivity index (χ4n) is 4.31. The van der Waals surface area contributed by atoms with Gasteiger partial charge in [-0.15, -0.1) is 0 Å². The summed E-state index contributed by atoms with van der Waals surface area (Å²) in [6.07, 6.45) is 6.18. The number of benzene rings is 1. The average Bonchev–Trinajstić information content (AvgIpc) is 2.99. The van der Waals surface area contributed by atoms with E-state index in [-0.39, 0.29) is 23.6 Å². The number of amides is 3. The lowest BCUT2D eigenvalue weighted by Gasteiger charge is -2.22. The Morgan fingerprint density at radius 2 is 1.80 bits per heavy atom. The van der Waals surface area contributed by atoms with Crippen molar-refractivity contribution in [2.24, 2.45) is 5.92 Å². The molecule has 0 bridgehead atoms. The van der Waals surface area contributed by atoms with Gasteiger partial charge in [0.25, 0.3) is 5.91 Å². The van der Waals surface area contributed by atoms with Crippen molar-refractivity contribution in [1.82, 2.24) is 15.1 Å². The van der Waals surface area contributed by atoms with Crippen molar-refractivity contribution in [3.63, 3.8) is 0 Å². The van der Waals surface area contributed by atoms with Crippen LogP contribution in [-0.4, -0.2) is 66.8 Å². The van der Waals surface area contributed by atoms with Crippen molar-refractivity contribution in [3.05, 3.63) is 29.8 Å². The molecule has 7 heteroatoms. The molecule has 1 aliphatic carbocycles. The highest BCUT2D eigenvalue weighted by Gasteiger charge is 2.23. The topological polar surface area (TPSA) is 81.8 Å². The Morgan fingerprint density at radius 1 is 1.00 bits per heavy atom. The number of nitrogens with one attached hydrogen (secondary N) is 2. The van der Waals surface area contributed by atoms with Crippen LogP contribution in [-0.2, 0) is 9.59 Å². The number of anilines is 1. The summed E-state index contributed by atoms with van der Waals surface area (Å²) in [6, 6.07) is 7.24. The van der Waals surface area contributed by atoms with Gasteiger partial charge >= 0.3 is 0 Å². The molecule has 0 aromatic heterocycles. The maximum Gasteiger partial charge on any atom is 0.253 e. The van der Waals surface area contributed by atoms with E-state index < -0.39 is 0 Å². The molecular formula is C23H34N4O3. The molecule has 3 amide bonds. The van der Waals surface area contributed by atoms with Gasteiger partial charge in [-0.05, 0) is 44.4 Å². The van der Waals surface area contributed by atoms with Crippen LogP contribution >= 0.6 is 0 Å². The smallest absolute Gasteiger partial charge is 0.253 e. The Morgan fingerprint density at radius 3 is 2.57 bits per heavy atom. The summed E-state index contributed by atoms with van der Waals surface area (Å²) in [4.78, 5) is 41.3. The molecule has 2 N–H and O–H groups in total. The second kappa shape index (κ2) is 11.1. The van der Waals surface area contributed by atoms with Crippen LogP contribution in [0.1, 0.15) is 55.8 Å². The van der Waals surface area contributed by atoms with Gasteiger partial charge in [0.2, 0.25) is 11.8 Å². The Kier molecular flexibility index (Phi) is 8.25. The predicted molar refractivity (Wildman–Crippen MR) is 117 cm³/mol. The van der Waals surface area contributed by atoms with Crippen molar-refractivity contribution in [2.75, 3.05) is 44.6 Å². The van der Waals surface area contributed by atoms with E-state index in [1.54, 1.807) is 12.1 Å². The van der Waals surface area contributed by atoms with E-state index in [4.69, 9.17) is 0 Å². The van der Waals surface area contributed by atoms with Crippen LogP contribution in [0.4, 0.5) is 5.69 Å². The first-order chi connectivity index (χ1) is 14.6. The Bertz CT molecular complexity index is 746. The van der Waals surface area contributed by atoms with Gasteiger partial charge in [0, 0.05) is 49.9 Å². The van der Waals surface area contributed by atoms with E-state index in [2.05, 4.69) is 15.5 Å². The van der Waals surface area contributed by atoms with Gasteiger partial charge in [-0.1, -0.05) is 25.3 Å². The first-order valence-electron chi connectivity index (χ1n) is 11.3. The van der Waals surface area contributed by atoms with Crippen LogP contribution < -0.4 is 10.6 Å². The van der Waals surface area contributed by atoms with E-state index in [0.717, 1.165) is 38.6 Å². The van der Waals surface area contributed by atoms with Crippen LogP contribution in [0.5, 0.6) is 0 Å². The molecule has 2 aliphatic rings. The molecule has 30 heavy (non-hydrogen) atoms. The third-order valence-corrected chi connectivity index (χ3v) is 5.97. The maximum atomic E-state index is 13.0. The lowest BCUT2D eigenvalue weighted by molar-refractivity contribution is -0.122. The summed E-state index contributed by atoms with van der Waals surface area (Å²) in [6.45, 7) is 5.66. The Labute approximate surface area is 179 Å². The zero-order valence-electron chi connectivity index (χ0n) is 18.0. The number of carbonyl (C=O) groups is 3. The van der Waals surface area contributed by atoms with Gasteiger partial charge in [0.1, 0.15) is 0 Å². The summed E-state index contributed by atoms with van der Waals surface area (Å²) in [5.41, 5.74) is 1.28. The summed E-state index contributed by atoms with van der Waals surface area (Å²) >= 11 is 0. The van der Waals surface area contributed by atoms with Gasteiger partial charge in [-0.2, -0.15) is 0 Å². The SMILES string of the molecule is CCNC(=O)CN1CCCN(C(=O)c2cccc(NC(=O)C3CCCCC3)c2)CC1. The highest BCUT2D eigenvalue weighted by atomic mass is 16.2. The van der Waals surface area contributed by atoms with E-state index in [1.807, 2.05) is 24.0 Å². The lowest BCUT2D eigenvalue weighted by atomic mass is 9.88. The molecule has 1 aliphatic heterocycles. The normalized spacial score (nSPS) is 18.5. The second-order valence-corrected chi connectivity index (χ2v) is 8.28. The Balaban J connectivity index is 1.56. The molecule has 1 saturated heterocycles. The van der Waals surface area contributed by atoms with Crippen LogP contribution in [0.2, 0.25) is 0 Å². The van der Waals surface area contributed by atoms with Crippen molar-refractivity contribution >= 4 is 23.4 Å². The van der Waals surface area contributed by atoms with Crippen LogP contribution in [0, 0.1) is 5.92 Å². The summed E-state index contributed by atoms with van der Waals surface area (Å²) in [7, 11) is 0. The number of carbonyl (C=O) groups excluding carboxylic acids is 3. The molecule has 1 saturated carbocycles. The van der Waals surface area contributed by atoms with E-state index >= 15 is 0 Å². The summed E-state index contributed by atoms with van der Waals surface area (Å²) < 4.78 is 0. The van der Waals surface area contributed by atoms with E-state index in [9.17, 15) is 14.4 Å². The standard InChI is InChI=1S/C23H34N4O3/c1-2-24-21(28)17-26-12-7-13-27(15-14-26)23(30)19-10-6-11-20(16-19)25-22(29)18-8-4-3-5-9-18/h6,10-11,16,18H,2-5,7-9,12-15,17H2,1H3,(H,24,28)(H,25,29). The second-order valence-electron chi connectivity index (χ2n) is 8.28. The first-order valence-corrected chi connectivity index (χ1v) is 11.3. The molecule has 3 rings (SSSR count). The Hall–Kier alpha value is -2.41. The zero-order chi connectivity index (χ0) is 21.3. The highest BCUT2D eigenvalue weighted by Crippen LogP contribution is 2.25. The van der Waals surface area contributed by atoms with Crippen LogP contribution in [0.15, 0.2) is 24.3 Å². The number of rotatable bonds is 6. The van der Waals surface area contributed by atoms with Gasteiger partial charge in [0.15, 0.2) is 0 Å². The fourth-order valence-corrected chi connectivity index (χ4v) is 4.31. The van der Waals surface area contributed by atoms with E-state index in [1.165, 1.54) is 6.42 Å². The molecule has 0 unspecified atom stereocenters. The van der Waals surface area contributed by atoms with Gasteiger partial charge in [0.05, 0.1) is 6.54 Å². The largest absolute Gasteiger partial charge is 0.355 e. The molecule has 1 heterocycles. The minimum atomic E-state index is -0.0244. The number of likely N-dealkylation sites (N-methyl/N-ethyl adjacent to an activating group) is 1. The quantitative estimate of drug-likeness (QED) is 0.749. The molecule has 0 spiro atoms. The van der Waals surface area contributed by atoms with Gasteiger partial charge in [-0.3, -0.25) is 19.3 Å². The average molecular weight is 415 g/mol. The molecular weight excluding hydrogens is 380 g/mol. The monoisotopic (exact) mass is 414 g/mol. The van der Waals surface area contributed by atoms with Crippen molar-refractivity contribution in [3.8, 4) is 0 Å². The highest BCUT2D eigenvalue weighted by molar-refractivity contribution is 5.97. The number of hydrogen-bond acceptors (Lipinski definition) is 4. The van der Waals surface area contributed by atoms with E-state index in [0.29, 0.717) is 44.0 Å². The minimum absolute atomic E-state index is 0.0244. The zero-order valence-corrected chi connectivity index (χ0v) is 18.0. The molecule has 1 aromatic carbocycles. The van der Waals surface area contributed by atoms with Gasteiger partial charge in [-0.25, -0.2) is 0 Å². The number of hydrogen-bond donors (Lipinski definition) is 2. The maximum absolute atomic E-state index is 13.0. The minimum Gasteiger partial charge on any atom is -0.355 e. The first kappa shape index (κ1) is 22.3. The fraction of sp³-hybridized carbons (Fsp3) is 0.609. The summed E-state index contributed by atoms with van der Waals surface area (Å²) in [5.74, 6) is 0.150. The van der Waals surface area contributed by atoms with Crippen molar-refractivity contribution in [1.29, 1.82) is 0 Å². The summed E-state index contributed by atoms with van der Waals surface area (Å²) in [5, 5.41) is 5.82. The van der Waals surface area contributed by atoms with Gasteiger partial charge < -0.3 is 15.5 Å². The van der Waals surface area contributed by atoms with Crippen LogP contribution in [0.25, 0.3) is 0 Å². The third kappa shape index (κ3) is 6.29. The molecule has 2 fully saturated rings. The molecule has 0 atom stereocenters. The van der Waals surface area contributed by atoms with Crippen molar-refractivity contribution in [2.45, 2.75) is 45.4 Å². The van der Waals surface area contributed by atoms with Crippen molar-refractivity contribution < 1.29 is 14.4 Å². The lowest BCUT2D eigenvalue weighted by Crippen LogP contribution is -2.40. The number of nitrogens with zero attached hydrogens (tertiary/aromatic N) is 2.